The van der Waals surface area contributed by atoms with Crippen molar-refractivity contribution in [1.82, 2.24) is 0 Å². The average Bonchev–Trinajstić information content (AvgIpc) is 2.39. The summed E-state index contributed by atoms with van der Waals surface area (Å²) in [5.74, 6) is 0.648. The van der Waals surface area contributed by atoms with E-state index in [0.717, 1.165) is 29.4 Å². The molecule has 0 amide bonds. The summed E-state index contributed by atoms with van der Waals surface area (Å²) in [6, 6.07) is 5.15. The van der Waals surface area contributed by atoms with Crippen LogP contribution in [0.15, 0.2) is 22.7 Å². The fourth-order valence-electron chi connectivity index (χ4n) is 1.94. The Morgan fingerprint density at radius 1 is 1.37 bits per heavy atom. The topological polar surface area (TPSA) is 55.2 Å². The molecule has 2 atom stereocenters. The van der Waals surface area contributed by atoms with Gasteiger partial charge in [0.1, 0.15) is 0 Å². The molecule has 0 spiro atoms. The molecule has 5 heteroatoms. The van der Waals surface area contributed by atoms with Gasteiger partial charge >= 0.3 is 0 Å². The maximum atomic E-state index is 10.8. The third-order valence-electron chi connectivity index (χ3n) is 3.40. The smallest absolute Gasteiger partial charge is 0.271 e. The normalized spacial score (nSPS) is 13.9. The van der Waals surface area contributed by atoms with Gasteiger partial charge in [0.15, 0.2) is 0 Å². The Labute approximate surface area is 122 Å². The molecule has 1 aromatic carbocycles. The van der Waals surface area contributed by atoms with Crippen LogP contribution in [-0.2, 0) is 0 Å². The number of anilines is 1. The highest BCUT2D eigenvalue weighted by Gasteiger charge is 2.14. The van der Waals surface area contributed by atoms with Crippen LogP contribution in [0.3, 0.4) is 0 Å². The molecule has 0 saturated carbocycles. The van der Waals surface area contributed by atoms with E-state index in [2.05, 4.69) is 42.0 Å². The lowest BCUT2D eigenvalue weighted by Gasteiger charge is -2.22. The molecule has 0 fully saturated rings. The van der Waals surface area contributed by atoms with Gasteiger partial charge in [-0.05, 0) is 40.8 Å². The van der Waals surface area contributed by atoms with Gasteiger partial charge in [-0.15, -0.1) is 0 Å². The second kappa shape index (κ2) is 7.48. The third-order valence-corrected chi connectivity index (χ3v) is 4.09. The number of hydrogen-bond donors (Lipinski definition) is 1. The van der Waals surface area contributed by atoms with Crippen LogP contribution in [0.2, 0.25) is 0 Å². The van der Waals surface area contributed by atoms with Gasteiger partial charge in [0.05, 0.1) is 10.6 Å². The Morgan fingerprint density at radius 2 is 2.05 bits per heavy atom. The molecular formula is C14H21BrN2O2. The molecule has 0 saturated heterocycles. The Morgan fingerprint density at radius 3 is 2.58 bits per heavy atom. The molecule has 0 aliphatic heterocycles. The monoisotopic (exact) mass is 328 g/mol. The number of nitro benzene ring substituents is 1. The van der Waals surface area contributed by atoms with Crippen LogP contribution in [0.4, 0.5) is 11.4 Å². The highest BCUT2D eigenvalue weighted by Crippen LogP contribution is 2.29. The largest absolute Gasteiger partial charge is 0.381 e. The summed E-state index contributed by atoms with van der Waals surface area (Å²) in [6.07, 6.45) is 3.22. The zero-order valence-corrected chi connectivity index (χ0v) is 13.2. The minimum absolute atomic E-state index is 0.115. The number of nitrogens with zero attached hydrogens (tertiary/aromatic N) is 1. The molecule has 0 radical (unpaired) electrons. The van der Waals surface area contributed by atoms with Crippen molar-refractivity contribution in [2.24, 2.45) is 5.92 Å². The Hall–Kier alpha value is -1.10. The van der Waals surface area contributed by atoms with Crippen molar-refractivity contribution < 1.29 is 4.92 Å². The van der Waals surface area contributed by atoms with E-state index in [9.17, 15) is 10.1 Å². The van der Waals surface area contributed by atoms with Crippen molar-refractivity contribution >= 4 is 27.3 Å². The van der Waals surface area contributed by atoms with Crippen molar-refractivity contribution in [2.75, 3.05) is 5.32 Å². The molecule has 0 heterocycles. The van der Waals surface area contributed by atoms with E-state index in [1.807, 2.05) is 0 Å². The van der Waals surface area contributed by atoms with Gasteiger partial charge in [0.2, 0.25) is 0 Å². The van der Waals surface area contributed by atoms with Gasteiger partial charge < -0.3 is 5.32 Å². The summed E-state index contributed by atoms with van der Waals surface area (Å²) in [6.45, 7) is 6.54. The Bertz CT molecular complexity index is 437. The number of rotatable bonds is 7. The molecule has 1 rings (SSSR count). The van der Waals surface area contributed by atoms with Gasteiger partial charge in [0, 0.05) is 22.6 Å². The van der Waals surface area contributed by atoms with Crippen LogP contribution in [-0.4, -0.2) is 11.0 Å². The number of nitro groups is 1. The first-order chi connectivity index (χ1) is 8.97. The fraction of sp³-hybridized carbons (Fsp3) is 0.571. The maximum absolute atomic E-state index is 10.8. The minimum Gasteiger partial charge on any atom is -0.381 e. The predicted octanol–water partition coefficient (Wildman–Crippen LogP) is 4.98. The first-order valence-electron chi connectivity index (χ1n) is 6.68. The second-order valence-electron chi connectivity index (χ2n) is 4.92. The first kappa shape index (κ1) is 16.0. The summed E-state index contributed by atoms with van der Waals surface area (Å²) < 4.78 is 0.862. The van der Waals surface area contributed by atoms with Crippen molar-refractivity contribution in [2.45, 2.75) is 46.1 Å². The van der Waals surface area contributed by atoms with Crippen LogP contribution in [0, 0.1) is 16.0 Å². The first-order valence-corrected chi connectivity index (χ1v) is 7.47. The molecule has 0 bridgehead atoms. The molecule has 1 aromatic rings. The van der Waals surface area contributed by atoms with E-state index in [1.165, 1.54) is 6.07 Å². The molecule has 106 valence electrons. The second-order valence-corrected chi connectivity index (χ2v) is 5.77. The number of nitrogens with one attached hydrogen (secondary N) is 1. The number of non-ortho nitro benzene ring substituents is 1. The lowest BCUT2D eigenvalue weighted by Crippen LogP contribution is -2.21. The van der Waals surface area contributed by atoms with E-state index in [1.54, 1.807) is 12.1 Å². The summed E-state index contributed by atoms with van der Waals surface area (Å²) >= 11 is 3.44. The molecule has 0 aliphatic carbocycles. The lowest BCUT2D eigenvalue weighted by atomic mass is 9.97. The molecular weight excluding hydrogens is 308 g/mol. The van der Waals surface area contributed by atoms with E-state index in [4.69, 9.17) is 0 Å². The molecule has 0 aliphatic rings. The number of benzene rings is 1. The van der Waals surface area contributed by atoms with Crippen LogP contribution >= 0.6 is 15.9 Å². The van der Waals surface area contributed by atoms with Crippen molar-refractivity contribution in [3.63, 3.8) is 0 Å². The van der Waals surface area contributed by atoms with Crippen LogP contribution in [0.5, 0.6) is 0 Å². The zero-order chi connectivity index (χ0) is 14.4. The van der Waals surface area contributed by atoms with E-state index >= 15 is 0 Å². The summed E-state index contributed by atoms with van der Waals surface area (Å²) in [5.41, 5.74) is 0.911. The maximum Gasteiger partial charge on any atom is 0.271 e. The average molecular weight is 329 g/mol. The molecule has 0 aromatic heterocycles. The van der Waals surface area contributed by atoms with Gasteiger partial charge in [-0.3, -0.25) is 10.1 Å². The SMILES string of the molecule is CCC(C)CC(CC)Nc1cc([N+](=O)[O-])ccc1Br. The van der Waals surface area contributed by atoms with Gasteiger partial charge in [-0.2, -0.15) is 0 Å². The molecule has 4 nitrogen and oxygen atoms in total. The minimum atomic E-state index is -0.368. The standard InChI is InChI=1S/C14H21BrN2O2/c1-4-10(3)8-11(5-2)16-14-9-12(17(18)19)6-7-13(14)15/h6-7,9-11,16H,4-5,8H2,1-3H3. The van der Waals surface area contributed by atoms with Crippen LogP contribution in [0.1, 0.15) is 40.0 Å². The van der Waals surface area contributed by atoms with E-state index in [0.29, 0.717) is 12.0 Å². The zero-order valence-electron chi connectivity index (χ0n) is 11.6. The van der Waals surface area contributed by atoms with E-state index in [-0.39, 0.29) is 10.6 Å². The van der Waals surface area contributed by atoms with Crippen LogP contribution < -0.4 is 5.32 Å². The van der Waals surface area contributed by atoms with E-state index < -0.39 is 0 Å². The predicted molar refractivity (Wildman–Crippen MR) is 82.6 cm³/mol. The molecule has 2 unspecified atom stereocenters. The van der Waals surface area contributed by atoms with Crippen molar-refractivity contribution in [1.29, 1.82) is 0 Å². The van der Waals surface area contributed by atoms with Gasteiger partial charge in [-0.1, -0.05) is 27.2 Å². The highest BCUT2D eigenvalue weighted by molar-refractivity contribution is 9.10. The summed E-state index contributed by atoms with van der Waals surface area (Å²) in [5, 5.41) is 14.2. The molecule has 1 N–H and O–H groups in total. The summed E-state index contributed by atoms with van der Waals surface area (Å²) in [4.78, 5) is 10.4. The highest BCUT2D eigenvalue weighted by atomic mass is 79.9. The summed E-state index contributed by atoms with van der Waals surface area (Å²) in [7, 11) is 0. The Balaban J connectivity index is 2.84. The fourth-order valence-corrected chi connectivity index (χ4v) is 2.30. The third kappa shape index (κ3) is 4.82. The lowest BCUT2D eigenvalue weighted by molar-refractivity contribution is -0.384. The number of hydrogen-bond acceptors (Lipinski definition) is 3. The van der Waals surface area contributed by atoms with Crippen LogP contribution in [0.25, 0.3) is 0 Å². The van der Waals surface area contributed by atoms with Crippen molar-refractivity contribution in [3.05, 3.63) is 32.8 Å². The van der Waals surface area contributed by atoms with Gasteiger partial charge in [0.25, 0.3) is 5.69 Å². The Kier molecular flexibility index (Phi) is 6.28. The molecule has 19 heavy (non-hydrogen) atoms. The number of halogens is 1. The van der Waals surface area contributed by atoms with Gasteiger partial charge in [-0.25, -0.2) is 0 Å². The quantitative estimate of drug-likeness (QED) is 0.567. The van der Waals surface area contributed by atoms with Crippen molar-refractivity contribution in [3.8, 4) is 0 Å².